The van der Waals surface area contributed by atoms with Gasteiger partial charge in [-0.25, -0.2) is 0 Å². The minimum absolute atomic E-state index is 0.0133. The number of nitrogens with zero attached hydrogens (tertiary/aromatic N) is 6. The van der Waals surface area contributed by atoms with Gasteiger partial charge in [-0.1, -0.05) is 0 Å². The molecule has 0 spiro atoms. The molecule has 0 aliphatic carbocycles. The Kier molecular flexibility index (Phi) is 3.86. The normalized spacial score (nSPS) is 11.2. The Balaban J connectivity index is 2.63. The number of ether oxygens (including phenoxy) is 2. The number of aromatic nitrogens is 4. The van der Waals surface area contributed by atoms with Gasteiger partial charge < -0.3 is 29.7 Å². The van der Waals surface area contributed by atoms with E-state index in [1.807, 2.05) is 0 Å². The molecule has 0 bridgehead atoms. The van der Waals surface area contributed by atoms with Crippen molar-refractivity contribution in [1.82, 2.24) is 18.8 Å². The van der Waals surface area contributed by atoms with Crippen LogP contribution in [0.1, 0.15) is 13.8 Å². The van der Waals surface area contributed by atoms with E-state index in [4.69, 9.17) is 9.47 Å². The van der Waals surface area contributed by atoms with Crippen LogP contribution in [0, 0.1) is 20.2 Å². The molecule has 136 valence electrons. The van der Waals surface area contributed by atoms with Crippen LogP contribution in [0.5, 0.6) is 12.0 Å². The summed E-state index contributed by atoms with van der Waals surface area (Å²) in [7, 11) is 0. The number of imidazole rings is 2. The van der Waals surface area contributed by atoms with Gasteiger partial charge in [-0.05, 0) is 23.7 Å². The fourth-order valence-corrected chi connectivity index (χ4v) is 2.46. The third kappa shape index (κ3) is 2.19. The van der Waals surface area contributed by atoms with Crippen LogP contribution in [0.3, 0.4) is 0 Å². The molecule has 3 aromatic rings. The number of hydrogen-bond donors (Lipinski definition) is 0. The highest BCUT2D eigenvalue weighted by molar-refractivity contribution is 5.70. The lowest BCUT2D eigenvalue weighted by Crippen LogP contribution is -2.27. The van der Waals surface area contributed by atoms with Gasteiger partial charge in [-0.3, -0.25) is 9.59 Å². The Labute approximate surface area is 141 Å². The summed E-state index contributed by atoms with van der Waals surface area (Å²) < 4.78 is 11.2. The molecule has 0 aliphatic heterocycles. The van der Waals surface area contributed by atoms with E-state index in [2.05, 4.69) is 9.97 Å². The van der Waals surface area contributed by atoms with Crippen LogP contribution in [0.4, 0.5) is 11.6 Å². The Morgan fingerprint density at radius 3 is 1.46 bits per heavy atom. The summed E-state index contributed by atoms with van der Waals surface area (Å²) in [4.78, 5) is 53.2. The first-order valence-electron chi connectivity index (χ1n) is 7.22. The van der Waals surface area contributed by atoms with Gasteiger partial charge in [0.15, 0.2) is 0 Å². The largest absolute Gasteiger partial charge is 0.446 e. The Hall–Kier alpha value is -3.84. The quantitative estimate of drug-likeness (QED) is 0.418. The highest BCUT2D eigenvalue weighted by Gasteiger charge is 2.36. The second kappa shape index (κ2) is 5.91. The second-order valence-electron chi connectivity index (χ2n) is 4.79. The summed E-state index contributed by atoms with van der Waals surface area (Å²) in [6.07, 6.45) is 0. The number of fused-ring (bicyclic) bond motifs is 2. The van der Waals surface area contributed by atoms with E-state index >= 15 is 0 Å². The van der Waals surface area contributed by atoms with Crippen LogP contribution >= 0.6 is 0 Å². The van der Waals surface area contributed by atoms with Gasteiger partial charge in [-0.2, -0.15) is 8.80 Å². The lowest BCUT2D eigenvalue weighted by Gasteiger charge is -1.99. The van der Waals surface area contributed by atoms with Crippen LogP contribution < -0.4 is 20.6 Å². The molecule has 0 atom stereocenters. The molecule has 26 heavy (non-hydrogen) atoms. The van der Waals surface area contributed by atoms with Gasteiger partial charge in [0.1, 0.15) is 0 Å². The van der Waals surface area contributed by atoms with Gasteiger partial charge in [-0.15, -0.1) is 0 Å². The molecule has 0 aliphatic rings. The number of hydrogen-bond acceptors (Lipinski definition) is 10. The smallest absolute Gasteiger partial charge is 0.422 e. The monoisotopic (exact) mass is 366 g/mol. The zero-order chi connectivity index (χ0) is 19.2. The molecule has 0 saturated heterocycles. The Morgan fingerprint density at radius 1 is 0.846 bits per heavy atom. The van der Waals surface area contributed by atoms with Crippen LogP contribution in [0.25, 0.3) is 11.0 Å². The van der Waals surface area contributed by atoms with Crippen molar-refractivity contribution in [2.75, 3.05) is 13.2 Å². The first kappa shape index (κ1) is 17.0. The third-order valence-corrected chi connectivity index (χ3v) is 3.36. The van der Waals surface area contributed by atoms with Crippen molar-refractivity contribution in [2.24, 2.45) is 0 Å². The van der Waals surface area contributed by atoms with Crippen LogP contribution in [-0.4, -0.2) is 41.8 Å². The minimum Gasteiger partial charge on any atom is -0.446 e. The van der Waals surface area contributed by atoms with E-state index in [1.165, 1.54) is 13.8 Å². The van der Waals surface area contributed by atoms with Crippen molar-refractivity contribution in [3.8, 4) is 12.0 Å². The predicted octanol–water partition coefficient (Wildman–Crippen LogP) is -0.246. The fraction of sp³-hybridized carbons (Fsp3) is 0.333. The van der Waals surface area contributed by atoms with Crippen LogP contribution in [0.15, 0.2) is 9.59 Å². The summed E-state index contributed by atoms with van der Waals surface area (Å²) in [5, 5.41) is 22.5. The maximum atomic E-state index is 12.8. The van der Waals surface area contributed by atoms with Gasteiger partial charge in [0.05, 0.1) is 13.2 Å². The molecular weight excluding hydrogens is 356 g/mol. The van der Waals surface area contributed by atoms with Crippen LogP contribution in [-0.2, 0) is 0 Å². The molecule has 0 fully saturated rings. The van der Waals surface area contributed by atoms with Crippen molar-refractivity contribution in [3.05, 3.63) is 40.9 Å². The molecule has 0 N–H and O–H groups in total. The maximum absolute atomic E-state index is 12.8. The van der Waals surface area contributed by atoms with Gasteiger partial charge >= 0.3 is 23.7 Å². The van der Waals surface area contributed by atoms with E-state index in [9.17, 15) is 29.8 Å². The highest BCUT2D eigenvalue weighted by atomic mass is 16.6. The molecule has 0 amide bonds. The Bertz CT molecular complexity index is 1070. The van der Waals surface area contributed by atoms with Gasteiger partial charge in [0.2, 0.25) is 11.0 Å². The van der Waals surface area contributed by atoms with E-state index < -0.39 is 55.7 Å². The number of nitro groups is 2. The minimum atomic E-state index is -1.12. The Morgan fingerprint density at radius 2 is 1.19 bits per heavy atom. The molecule has 14 nitrogen and oxygen atoms in total. The average molecular weight is 366 g/mol. The van der Waals surface area contributed by atoms with Crippen molar-refractivity contribution < 1.29 is 19.3 Å². The SMILES string of the molecule is CCOc1nc([N+](=O)[O-])c2c(=O)n3c(OCC)nc([N+](=O)[O-])c3c(=O)n12. The first-order valence-corrected chi connectivity index (χ1v) is 7.22. The van der Waals surface area contributed by atoms with E-state index in [1.54, 1.807) is 0 Å². The summed E-state index contributed by atoms with van der Waals surface area (Å²) in [6.45, 7) is 3.03. The van der Waals surface area contributed by atoms with Gasteiger partial charge in [0, 0.05) is 9.97 Å². The third-order valence-electron chi connectivity index (χ3n) is 3.36. The van der Waals surface area contributed by atoms with E-state index in [0.717, 1.165) is 0 Å². The molecule has 0 aromatic carbocycles. The average Bonchev–Trinajstić information content (AvgIpc) is 3.13. The topological polar surface area (TPSA) is 173 Å². The summed E-state index contributed by atoms with van der Waals surface area (Å²) >= 11 is 0. The van der Waals surface area contributed by atoms with Crippen molar-refractivity contribution in [2.45, 2.75) is 13.8 Å². The second-order valence-corrected chi connectivity index (χ2v) is 4.79. The van der Waals surface area contributed by atoms with E-state index in [0.29, 0.717) is 8.80 Å². The molecule has 0 radical (unpaired) electrons. The van der Waals surface area contributed by atoms with Gasteiger partial charge in [0.25, 0.3) is 11.1 Å². The molecule has 0 saturated carbocycles. The first-order chi connectivity index (χ1) is 12.3. The lowest BCUT2D eigenvalue weighted by atomic mass is 10.4. The summed E-state index contributed by atoms with van der Waals surface area (Å²) in [5.74, 6) is -1.84. The molecule has 3 heterocycles. The van der Waals surface area contributed by atoms with Crippen molar-refractivity contribution >= 4 is 22.7 Å². The van der Waals surface area contributed by atoms with Crippen molar-refractivity contribution in [1.29, 1.82) is 0 Å². The molecule has 14 heteroatoms. The number of rotatable bonds is 6. The molecule has 3 aromatic heterocycles. The van der Waals surface area contributed by atoms with Crippen molar-refractivity contribution in [3.63, 3.8) is 0 Å². The zero-order valence-electron chi connectivity index (χ0n) is 13.4. The lowest BCUT2D eigenvalue weighted by molar-refractivity contribution is -0.387. The molecular formula is C12H10N6O8. The maximum Gasteiger partial charge on any atom is 0.422 e. The molecule has 0 unspecified atom stereocenters. The van der Waals surface area contributed by atoms with E-state index in [-0.39, 0.29) is 13.2 Å². The summed E-state index contributed by atoms with van der Waals surface area (Å²) in [6, 6.07) is -1.04. The molecule has 3 rings (SSSR count). The zero-order valence-corrected chi connectivity index (χ0v) is 13.4. The van der Waals surface area contributed by atoms with Crippen LogP contribution in [0.2, 0.25) is 0 Å². The summed E-state index contributed by atoms with van der Waals surface area (Å²) in [5.41, 5.74) is -3.64. The predicted molar refractivity (Wildman–Crippen MR) is 83.3 cm³/mol. The standard InChI is InChI=1S/C12H10N6O8/c1-3-25-11-13-7(17(21)22)5-10(20)16-6(9(19)15(5)11)8(18(23)24)14-12(16)26-4-2/h3-4H2,1-2H3. The highest BCUT2D eigenvalue weighted by Crippen LogP contribution is 2.25. The fourth-order valence-electron chi connectivity index (χ4n) is 2.46.